The quantitative estimate of drug-likeness (QED) is 0.599. The monoisotopic (exact) mass is 432 g/mol. The number of aryl methyl sites for hydroxylation is 2. The number of hydrogen-bond donors (Lipinski definition) is 0. The highest BCUT2D eigenvalue weighted by Gasteiger charge is 2.43. The van der Waals surface area contributed by atoms with Crippen LogP contribution in [0.1, 0.15) is 40.8 Å². The lowest BCUT2D eigenvalue weighted by Crippen LogP contribution is -2.44. The maximum Gasteiger partial charge on any atom is 0.471 e. The number of hydrogen-bond acceptors (Lipinski definition) is 2. The predicted molar refractivity (Wildman–Crippen MR) is 111 cm³/mol. The molecule has 1 aromatic carbocycles. The molecule has 2 aromatic rings. The van der Waals surface area contributed by atoms with Gasteiger partial charge in [-0.15, -0.1) is 0 Å². The van der Waals surface area contributed by atoms with Gasteiger partial charge in [0.2, 0.25) is 0 Å². The molecule has 1 aromatic heterocycles. The molecule has 0 saturated carbocycles. The molecule has 0 N–H and O–H groups in total. The molecule has 0 atom stereocenters. The number of likely N-dealkylation sites (tertiary alicyclic amines) is 1. The minimum atomic E-state index is -4.84. The molecule has 3 nitrogen and oxygen atoms in total. The number of carbonyl (C=O) groups excluding carboxylic acids is 1. The lowest BCUT2D eigenvalue weighted by molar-refractivity contribution is -0.185. The zero-order valence-electron chi connectivity index (χ0n) is 16.2. The molecule has 0 bridgehead atoms. The van der Waals surface area contributed by atoms with Gasteiger partial charge in [0.25, 0.3) is 0 Å². The second-order valence-electron chi connectivity index (χ2n) is 7.55. The molecule has 1 aliphatic carbocycles. The fraction of sp³-hybridized carbons (Fsp3) is 0.304. The van der Waals surface area contributed by atoms with E-state index in [4.69, 9.17) is 16.6 Å². The van der Waals surface area contributed by atoms with E-state index in [9.17, 15) is 18.0 Å². The molecule has 1 aliphatic heterocycles. The largest absolute Gasteiger partial charge is 0.471 e. The average molecular weight is 433 g/mol. The molecule has 1 amide bonds. The van der Waals surface area contributed by atoms with Crippen molar-refractivity contribution in [3.8, 4) is 0 Å². The van der Waals surface area contributed by atoms with E-state index in [0.29, 0.717) is 17.9 Å². The Morgan fingerprint density at radius 2 is 1.80 bits per heavy atom. The van der Waals surface area contributed by atoms with Crippen LogP contribution in [0, 0.1) is 0 Å². The molecular formula is C23H20ClF3N2O. The zero-order chi connectivity index (χ0) is 21.5. The molecule has 1 fully saturated rings. The van der Waals surface area contributed by atoms with Crippen LogP contribution < -0.4 is 0 Å². The molecule has 7 heteroatoms. The van der Waals surface area contributed by atoms with Crippen molar-refractivity contribution >= 4 is 29.2 Å². The van der Waals surface area contributed by atoms with Crippen LogP contribution in [0.3, 0.4) is 0 Å². The summed E-state index contributed by atoms with van der Waals surface area (Å²) in [7, 11) is 0. The Hall–Kier alpha value is -2.60. The Balaban J connectivity index is 1.79. The number of fused-ring (bicyclic) bond motifs is 2. The first-order valence-electron chi connectivity index (χ1n) is 9.76. The fourth-order valence-corrected chi connectivity index (χ4v) is 4.43. The zero-order valence-corrected chi connectivity index (χ0v) is 17.0. The fourth-order valence-electron chi connectivity index (χ4n) is 4.23. The average Bonchev–Trinajstić information content (AvgIpc) is 2.88. The Morgan fingerprint density at radius 3 is 2.47 bits per heavy atom. The number of alkyl halides is 3. The van der Waals surface area contributed by atoms with E-state index in [-0.39, 0.29) is 13.1 Å². The van der Waals surface area contributed by atoms with Crippen LogP contribution in [-0.4, -0.2) is 35.1 Å². The third kappa shape index (κ3) is 3.88. The maximum absolute atomic E-state index is 12.8. The number of carbonyl (C=O) groups is 1. The van der Waals surface area contributed by atoms with E-state index >= 15 is 0 Å². The van der Waals surface area contributed by atoms with Gasteiger partial charge in [0, 0.05) is 29.9 Å². The van der Waals surface area contributed by atoms with Crippen molar-refractivity contribution in [2.75, 3.05) is 13.1 Å². The third-order valence-corrected chi connectivity index (χ3v) is 5.95. The predicted octanol–water partition coefficient (Wildman–Crippen LogP) is 5.46. The summed E-state index contributed by atoms with van der Waals surface area (Å²) in [4.78, 5) is 17.2. The van der Waals surface area contributed by atoms with Crippen molar-refractivity contribution in [2.45, 2.75) is 31.9 Å². The number of piperidine rings is 1. The summed E-state index contributed by atoms with van der Waals surface area (Å²) < 4.78 is 38.4. The number of halogens is 4. The van der Waals surface area contributed by atoms with Crippen molar-refractivity contribution in [1.29, 1.82) is 0 Å². The van der Waals surface area contributed by atoms with Gasteiger partial charge in [0.15, 0.2) is 0 Å². The summed E-state index contributed by atoms with van der Waals surface area (Å²) in [6.07, 6.45) is 0.998. The van der Waals surface area contributed by atoms with Crippen LogP contribution in [0.4, 0.5) is 13.2 Å². The first kappa shape index (κ1) is 20.7. The summed E-state index contributed by atoms with van der Waals surface area (Å²) in [6.45, 7) is 3.89. The molecule has 4 rings (SSSR count). The molecule has 0 unspecified atom stereocenters. The van der Waals surface area contributed by atoms with Gasteiger partial charge < -0.3 is 4.90 Å². The molecule has 1 saturated heterocycles. The number of rotatable bonds is 1. The molecular weight excluding hydrogens is 413 g/mol. The van der Waals surface area contributed by atoms with E-state index in [1.807, 2.05) is 18.2 Å². The Labute approximate surface area is 177 Å². The van der Waals surface area contributed by atoms with Gasteiger partial charge >= 0.3 is 12.1 Å². The Morgan fingerprint density at radius 1 is 1.10 bits per heavy atom. The van der Waals surface area contributed by atoms with Gasteiger partial charge in [-0.2, -0.15) is 13.2 Å². The normalized spacial score (nSPS) is 16.6. The van der Waals surface area contributed by atoms with Gasteiger partial charge in [-0.25, -0.2) is 0 Å². The molecule has 2 heterocycles. The minimum Gasteiger partial charge on any atom is -0.334 e. The molecule has 0 radical (unpaired) electrons. The van der Waals surface area contributed by atoms with Crippen LogP contribution in [0.5, 0.6) is 0 Å². The number of pyridine rings is 1. The molecule has 2 aliphatic rings. The summed E-state index contributed by atoms with van der Waals surface area (Å²) >= 11 is 6.22. The molecule has 30 heavy (non-hydrogen) atoms. The number of aromatic nitrogens is 1. The van der Waals surface area contributed by atoms with Crippen molar-refractivity contribution < 1.29 is 18.0 Å². The van der Waals surface area contributed by atoms with Crippen LogP contribution in [0.25, 0.3) is 11.6 Å². The van der Waals surface area contributed by atoms with Crippen molar-refractivity contribution in [1.82, 2.24) is 9.88 Å². The van der Waals surface area contributed by atoms with E-state index in [1.54, 1.807) is 12.3 Å². The number of benzene rings is 1. The number of amides is 1. The van der Waals surface area contributed by atoms with Crippen LogP contribution >= 0.6 is 11.6 Å². The third-order valence-electron chi connectivity index (χ3n) is 5.71. The Kier molecular flexibility index (Phi) is 5.45. The van der Waals surface area contributed by atoms with Gasteiger partial charge in [0.05, 0.1) is 5.69 Å². The van der Waals surface area contributed by atoms with E-state index in [0.717, 1.165) is 56.8 Å². The first-order chi connectivity index (χ1) is 14.3. The highest BCUT2D eigenvalue weighted by atomic mass is 35.5. The van der Waals surface area contributed by atoms with Gasteiger partial charge in [0.1, 0.15) is 0 Å². The summed E-state index contributed by atoms with van der Waals surface area (Å²) in [5.74, 6) is -1.77. The van der Waals surface area contributed by atoms with Gasteiger partial charge in [-0.05, 0) is 66.1 Å². The second kappa shape index (κ2) is 7.91. The Bertz CT molecular complexity index is 1050. The molecule has 156 valence electrons. The van der Waals surface area contributed by atoms with E-state index < -0.39 is 12.1 Å². The highest BCUT2D eigenvalue weighted by molar-refractivity contribution is 6.30. The standard InChI is InChI=1S/C23H20ClF3N2O/c1-2-14-11-17-4-3-16-12-18(24)5-6-19(16)20(21(17)28-13-14)15-7-9-29(10-8-15)22(30)23(25,26)27/h2,5-6,11-13H,1,3-4,7-10H2. The van der Waals surface area contributed by atoms with Gasteiger partial charge in [-0.3, -0.25) is 9.78 Å². The number of nitrogens with zero attached hydrogens (tertiary/aromatic N) is 2. The lowest BCUT2D eigenvalue weighted by Gasteiger charge is -2.30. The van der Waals surface area contributed by atoms with Crippen LogP contribution in [0.15, 0.2) is 42.6 Å². The maximum atomic E-state index is 12.8. The van der Waals surface area contributed by atoms with Gasteiger partial charge in [-0.1, -0.05) is 35.9 Å². The smallest absolute Gasteiger partial charge is 0.334 e. The lowest BCUT2D eigenvalue weighted by atomic mass is 9.88. The molecule has 0 spiro atoms. The van der Waals surface area contributed by atoms with E-state index in [2.05, 4.69) is 12.6 Å². The van der Waals surface area contributed by atoms with Crippen molar-refractivity contribution in [2.24, 2.45) is 0 Å². The topological polar surface area (TPSA) is 33.2 Å². The summed E-state index contributed by atoms with van der Waals surface area (Å²) in [5, 5.41) is 0.648. The van der Waals surface area contributed by atoms with Crippen LogP contribution in [0.2, 0.25) is 5.02 Å². The SMILES string of the molecule is C=Cc1cnc2c(c1)CCc1cc(Cl)ccc1C2=C1CCN(C(=O)C(F)(F)F)CC1. The van der Waals surface area contributed by atoms with Crippen molar-refractivity contribution in [3.63, 3.8) is 0 Å². The second-order valence-corrected chi connectivity index (χ2v) is 7.99. The highest BCUT2D eigenvalue weighted by Crippen LogP contribution is 2.39. The van der Waals surface area contributed by atoms with E-state index in [1.165, 1.54) is 0 Å². The summed E-state index contributed by atoms with van der Waals surface area (Å²) in [6, 6.07) is 7.80. The first-order valence-corrected chi connectivity index (χ1v) is 10.1. The van der Waals surface area contributed by atoms with Crippen molar-refractivity contribution in [3.05, 3.63) is 75.6 Å². The van der Waals surface area contributed by atoms with Crippen LogP contribution in [-0.2, 0) is 17.6 Å². The summed E-state index contributed by atoms with van der Waals surface area (Å²) in [5.41, 5.74) is 6.95. The minimum absolute atomic E-state index is 0.0418.